The van der Waals surface area contributed by atoms with E-state index in [1.165, 1.54) is 0 Å². The minimum atomic E-state index is 0.420. The molecule has 0 heterocycles. The van der Waals surface area contributed by atoms with Crippen LogP contribution in [-0.2, 0) is 4.84 Å². The third kappa shape index (κ3) is 8.98. The molecular formula is C15H17Br3ClNO3. The summed E-state index contributed by atoms with van der Waals surface area (Å²) >= 11 is 16.2. The van der Waals surface area contributed by atoms with Crippen molar-refractivity contribution in [3.05, 3.63) is 31.1 Å². The fourth-order valence-corrected chi connectivity index (χ4v) is 2.63. The number of hydrogen-bond acceptors (Lipinski definition) is 4. The molecule has 0 unspecified atom stereocenters. The molecule has 0 aliphatic carbocycles. The van der Waals surface area contributed by atoms with E-state index >= 15 is 0 Å². The summed E-state index contributed by atoms with van der Waals surface area (Å²) < 4.78 is 12.8. The van der Waals surface area contributed by atoms with Gasteiger partial charge in [-0.2, -0.15) is 0 Å². The highest BCUT2D eigenvalue weighted by Gasteiger charge is 2.10. The molecule has 1 aromatic carbocycles. The van der Waals surface area contributed by atoms with Crippen molar-refractivity contribution in [1.29, 1.82) is 0 Å². The van der Waals surface area contributed by atoms with Gasteiger partial charge in [-0.1, -0.05) is 16.8 Å². The van der Waals surface area contributed by atoms with Gasteiger partial charge in [0.05, 0.1) is 25.2 Å². The van der Waals surface area contributed by atoms with Crippen molar-refractivity contribution in [3.8, 4) is 11.5 Å². The first-order chi connectivity index (χ1) is 10.9. The number of hydrogen-bond donors (Lipinski definition) is 0. The lowest BCUT2D eigenvalue weighted by Crippen LogP contribution is -2.03. The maximum atomic E-state index is 6.24. The van der Waals surface area contributed by atoms with Crippen molar-refractivity contribution in [2.24, 2.45) is 5.16 Å². The predicted molar refractivity (Wildman–Crippen MR) is 105 cm³/mol. The van der Waals surface area contributed by atoms with Gasteiger partial charge in [0, 0.05) is 12.5 Å². The third-order valence-electron chi connectivity index (χ3n) is 2.33. The molecule has 0 radical (unpaired) electrons. The standard InChI is InChI=1S/C15H17Br3ClNO3/c1-10(2)20-23-6-3-5-22-15-12(16)8-11(9-13(15)19)21-7-4-14(17)18/h4,8-9H,3,5-7H2,1-2H3. The molecule has 0 fully saturated rings. The Labute approximate surface area is 166 Å². The van der Waals surface area contributed by atoms with Gasteiger partial charge in [-0.25, -0.2) is 0 Å². The fourth-order valence-electron chi connectivity index (χ4n) is 1.43. The zero-order valence-corrected chi connectivity index (χ0v) is 18.3. The molecule has 0 amide bonds. The molecule has 0 aliphatic rings. The van der Waals surface area contributed by atoms with Crippen LogP contribution < -0.4 is 9.47 Å². The number of rotatable bonds is 9. The molecule has 8 heteroatoms. The van der Waals surface area contributed by atoms with Crippen LogP contribution in [-0.4, -0.2) is 25.5 Å². The summed E-state index contributed by atoms with van der Waals surface area (Å²) in [5.74, 6) is 1.24. The molecule has 0 bridgehead atoms. The first-order valence-electron chi connectivity index (χ1n) is 6.79. The van der Waals surface area contributed by atoms with Crippen LogP contribution in [0.5, 0.6) is 11.5 Å². The van der Waals surface area contributed by atoms with Crippen molar-refractivity contribution >= 4 is 65.1 Å². The Balaban J connectivity index is 2.50. The van der Waals surface area contributed by atoms with Crippen LogP contribution >= 0.6 is 59.4 Å². The molecule has 0 saturated carbocycles. The van der Waals surface area contributed by atoms with Crippen LogP contribution in [0.3, 0.4) is 0 Å². The van der Waals surface area contributed by atoms with E-state index in [0.29, 0.717) is 42.8 Å². The number of benzene rings is 1. The topological polar surface area (TPSA) is 40.0 Å². The van der Waals surface area contributed by atoms with Gasteiger partial charge in [0.2, 0.25) is 0 Å². The Bertz CT molecular complexity index is 548. The Morgan fingerprint density at radius 1 is 1.22 bits per heavy atom. The molecule has 0 spiro atoms. The van der Waals surface area contributed by atoms with E-state index in [1.54, 1.807) is 6.07 Å². The number of oxime groups is 1. The molecule has 0 atom stereocenters. The van der Waals surface area contributed by atoms with Crippen LogP contribution in [0.2, 0.25) is 5.02 Å². The normalized spacial score (nSPS) is 10.0. The fraction of sp³-hybridized carbons (Fsp3) is 0.400. The second-order valence-electron chi connectivity index (χ2n) is 4.59. The molecule has 23 heavy (non-hydrogen) atoms. The highest BCUT2D eigenvalue weighted by Crippen LogP contribution is 2.37. The highest BCUT2D eigenvalue weighted by atomic mass is 79.9. The van der Waals surface area contributed by atoms with E-state index in [9.17, 15) is 0 Å². The lowest BCUT2D eigenvalue weighted by atomic mass is 10.3. The van der Waals surface area contributed by atoms with Gasteiger partial charge in [0.25, 0.3) is 0 Å². The summed E-state index contributed by atoms with van der Waals surface area (Å²) in [5, 5.41) is 4.34. The molecule has 1 rings (SSSR count). The molecule has 0 N–H and O–H groups in total. The van der Waals surface area contributed by atoms with E-state index in [0.717, 1.165) is 13.6 Å². The third-order valence-corrected chi connectivity index (χ3v) is 3.85. The van der Waals surface area contributed by atoms with Gasteiger partial charge >= 0.3 is 0 Å². The lowest BCUT2D eigenvalue weighted by Gasteiger charge is -2.12. The zero-order chi connectivity index (χ0) is 17.2. The van der Waals surface area contributed by atoms with Gasteiger partial charge < -0.3 is 14.3 Å². The van der Waals surface area contributed by atoms with Gasteiger partial charge in [-0.3, -0.25) is 0 Å². The average molecular weight is 534 g/mol. The van der Waals surface area contributed by atoms with Crippen molar-refractivity contribution < 1.29 is 14.3 Å². The van der Waals surface area contributed by atoms with E-state index in [1.807, 2.05) is 26.0 Å². The maximum absolute atomic E-state index is 6.24. The Morgan fingerprint density at radius 3 is 2.57 bits per heavy atom. The number of nitrogens with zero attached hydrogens (tertiary/aromatic N) is 1. The van der Waals surface area contributed by atoms with Gasteiger partial charge in [-0.15, -0.1) is 0 Å². The summed E-state index contributed by atoms with van der Waals surface area (Å²) in [6.07, 6.45) is 2.55. The summed E-state index contributed by atoms with van der Waals surface area (Å²) in [7, 11) is 0. The lowest BCUT2D eigenvalue weighted by molar-refractivity contribution is 0.127. The quantitative estimate of drug-likeness (QED) is 0.212. The van der Waals surface area contributed by atoms with Crippen molar-refractivity contribution in [3.63, 3.8) is 0 Å². The minimum absolute atomic E-state index is 0.420. The monoisotopic (exact) mass is 531 g/mol. The van der Waals surface area contributed by atoms with E-state index in [-0.39, 0.29) is 0 Å². The van der Waals surface area contributed by atoms with Crippen molar-refractivity contribution in [2.75, 3.05) is 19.8 Å². The largest absolute Gasteiger partial charge is 0.491 e. The minimum Gasteiger partial charge on any atom is -0.491 e. The average Bonchev–Trinajstić information content (AvgIpc) is 2.44. The maximum Gasteiger partial charge on any atom is 0.152 e. The Kier molecular flexibility index (Phi) is 10.3. The van der Waals surface area contributed by atoms with Crippen LogP contribution in [0.1, 0.15) is 20.3 Å². The first-order valence-corrected chi connectivity index (χ1v) is 9.54. The summed E-state index contributed by atoms with van der Waals surface area (Å²) in [5.41, 5.74) is 0.883. The van der Waals surface area contributed by atoms with Crippen LogP contribution in [0.15, 0.2) is 31.2 Å². The number of halogens is 4. The molecule has 0 saturated heterocycles. The van der Waals surface area contributed by atoms with Crippen LogP contribution in [0.25, 0.3) is 0 Å². The van der Waals surface area contributed by atoms with Crippen molar-refractivity contribution in [1.82, 2.24) is 0 Å². The van der Waals surface area contributed by atoms with Gasteiger partial charge in [0.15, 0.2) is 5.75 Å². The summed E-state index contributed by atoms with van der Waals surface area (Å²) in [6, 6.07) is 3.54. The van der Waals surface area contributed by atoms with E-state index in [4.69, 9.17) is 25.9 Å². The zero-order valence-electron chi connectivity index (χ0n) is 12.7. The summed E-state index contributed by atoms with van der Waals surface area (Å²) in [6.45, 7) is 5.15. The Morgan fingerprint density at radius 2 is 1.96 bits per heavy atom. The van der Waals surface area contributed by atoms with Gasteiger partial charge in [-0.05, 0) is 73.8 Å². The SMILES string of the molecule is CC(C)=NOCCCOc1c(Cl)cc(OCC=C(Br)Br)cc1Br. The molecule has 1 aromatic rings. The Hall–Kier alpha value is -0.240. The molecule has 0 aromatic heterocycles. The van der Waals surface area contributed by atoms with E-state index in [2.05, 4.69) is 52.9 Å². The molecule has 0 aliphatic heterocycles. The van der Waals surface area contributed by atoms with Crippen LogP contribution in [0, 0.1) is 0 Å². The molecule has 4 nitrogen and oxygen atoms in total. The second kappa shape index (κ2) is 11.3. The molecule has 128 valence electrons. The van der Waals surface area contributed by atoms with Gasteiger partial charge in [0.1, 0.15) is 19.0 Å². The highest BCUT2D eigenvalue weighted by molar-refractivity contribution is 9.28. The number of ether oxygens (including phenoxy) is 2. The predicted octanol–water partition coefficient (Wildman–Crippen LogP) is 6.29. The van der Waals surface area contributed by atoms with E-state index < -0.39 is 0 Å². The summed E-state index contributed by atoms with van der Waals surface area (Å²) in [4.78, 5) is 5.11. The second-order valence-corrected chi connectivity index (χ2v) is 8.63. The first kappa shape index (κ1) is 20.8. The van der Waals surface area contributed by atoms with Crippen molar-refractivity contribution in [2.45, 2.75) is 20.3 Å². The van der Waals surface area contributed by atoms with Crippen LogP contribution in [0.4, 0.5) is 0 Å². The smallest absolute Gasteiger partial charge is 0.152 e. The molecular weight excluding hydrogens is 517 g/mol.